The summed E-state index contributed by atoms with van der Waals surface area (Å²) in [6.07, 6.45) is 0.732. The van der Waals surface area contributed by atoms with E-state index in [1.54, 1.807) is 12.1 Å². The first-order valence-corrected chi connectivity index (χ1v) is 10.4. The molecule has 5 nitrogen and oxygen atoms in total. The predicted octanol–water partition coefficient (Wildman–Crippen LogP) is 4.34. The number of fused-ring (bicyclic) bond motifs is 1. The number of ether oxygens (including phenoxy) is 2. The van der Waals surface area contributed by atoms with Gasteiger partial charge in [-0.2, -0.15) is 0 Å². The lowest BCUT2D eigenvalue weighted by Gasteiger charge is -2.37. The lowest BCUT2D eigenvalue weighted by atomic mass is 9.86. The summed E-state index contributed by atoms with van der Waals surface area (Å²) in [5.74, 6) is 0.321. The highest BCUT2D eigenvalue weighted by Crippen LogP contribution is 2.44. The van der Waals surface area contributed by atoms with Crippen LogP contribution in [-0.4, -0.2) is 41.2 Å². The number of ketones is 1. The maximum absolute atomic E-state index is 13.5. The van der Waals surface area contributed by atoms with Gasteiger partial charge in [-0.15, -0.1) is 0 Å². The van der Waals surface area contributed by atoms with Crippen LogP contribution in [0.5, 0.6) is 11.5 Å². The van der Waals surface area contributed by atoms with Gasteiger partial charge in [-0.05, 0) is 45.0 Å². The van der Waals surface area contributed by atoms with Crippen molar-refractivity contribution < 1.29 is 19.4 Å². The van der Waals surface area contributed by atoms with Crippen LogP contribution in [0.4, 0.5) is 0 Å². The monoisotopic (exact) mass is 395 g/mol. The molecule has 2 aliphatic rings. The number of benzene rings is 2. The van der Waals surface area contributed by atoms with Crippen molar-refractivity contribution in [2.75, 3.05) is 7.05 Å². The van der Waals surface area contributed by atoms with Crippen molar-refractivity contribution in [2.24, 2.45) is 5.92 Å². The minimum atomic E-state index is -0.428. The van der Waals surface area contributed by atoms with Gasteiger partial charge in [0.15, 0.2) is 5.78 Å². The van der Waals surface area contributed by atoms with Crippen molar-refractivity contribution >= 4 is 5.78 Å². The van der Waals surface area contributed by atoms with E-state index in [0.29, 0.717) is 17.7 Å². The zero-order valence-corrected chi connectivity index (χ0v) is 17.5. The first-order valence-electron chi connectivity index (χ1n) is 10.4. The molecule has 2 heterocycles. The molecule has 2 aromatic carbocycles. The number of hydrogen-bond acceptors (Lipinski definition) is 5. The van der Waals surface area contributed by atoms with Gasteiger partial charge in [0, 0.05) is 11.6 Å². The molecular formula is C24H29NO4. The number of aromatic hydroxyl groups is 1. The Labute approximate surface area is 172 Å². The molecule has 0 saturated carbocycles. The van der Waals surface area contributed by atoms with Crippen LogP contribution in [-0.2, 0) is 11.2 Å². The van der Waals surface area contributed by atoms with E-state index in [9.17, 15) is 9.90 Å². The summed E-state index contributed by atoms with van der Waals surface area (Å²) < 4.78 is 12.7. The van der Waals surface area contributed by atoms with Gasteiger partial charge in [-0.3, -0.25) is 9.69 Å². The SMILES string of the molecule is CCCc1c(O)ccc2c1O[C@H](C)C([C@@H]1O[C@H](c3ccccc3)[C@H](C)N1C)C2=O. The van der Waals surface area contributed by atoms with E-state index in [2.05, 4.69) is 24.0 Å². The fourth-order valence-electron chi connectivity index (χ4n) is 4.59. The second-order valence-corrected chi connectivity index (χ2v) is 8.17. The number of nitrogens with zero attached hydrogens (tertiary/aromatic N) is 1. The molecule has 1 unspecified atom stereocenters. The van der Waals surface area contributed by atoms with Crippen LogP contribution < -0.4 is 4.74 Å². The topological polar surface area (TPSA) is 59.0 Å². The van der Waals surface area contributed by atoms with E-state index >= 15 is 0 Å². The van der Waals surface area contributed by atoms with E-state index in [1.807, 2.05) is 39.1 Å². The Bertz CT molecular complexity index is 897. The molecule has 0 radical (unpaired) electrons. The zero-order valence-electron chi connectivity index (χ0n) is 17.5. The summed E-state index contributed by atoms with van der Waals surface area (Å²) in [6.45, 7) is 6.09. The standard InChI is InChI=1S/C24H29NO4/c1-5-9-17-19(26)13-12-18-21(27)20(15(3)28-23(17)18)24-25(4)14(2)22(29-24)16-10-7-6-8-11-16/h6-8,10-15,20,22,24,26H,5,9H2,1-4H3/t14-,15+,20?,22-,24-/m0/s1. The molecule has 1 fully saturated rings. The number of phenols is 1. The largest absolute Gasteiger partial charge is 0.508 e. The maximum Gasteiger partial charge on any atom is 0.177 e. The zero-order chi connectivity index (χ0) is 20.7. The highest BCUT2D eigenvalue weighted by atomic mass is 16.5. The van der Waals surface area contributed by atoms with E-state index < -0.39 is 5.92 Å². The van der Waals surface area contributed by atoms with Gasteiger partial charge in [-0.25, -0.2) is 0 Å². The molecule has 0 amide bonds. The van der Waals surface area contributed by atoms with E-state index in [1.165, 1.54) is 0 Å². The number of rotatable bonds is 4. The van der Waals surface area contributed by atoms with Crippen molar-refractivity contribution in [3.8, 4) is 11.5 Å². The van der Waals surface area contributed by atoms with Crippen LogP contribution in [0.15, 0.2) is 42.5 Å². The average molecular weight is 395 g/mol. The molecule has 0 spiro atoms. The normalized spacial score (nSPS) is 29.5. The van der Waals surface area contributed by atoms with Crippen molar-refractivity contribution in [1.29, 1.82) is 0 Å². The van der Waals surface area contributed by atoms with Gasteiger partial charge >= 0.3 is 0 Å². The lowest BCUT2D eigenvalue weighted by molar-refractivity contribution is -0.0556. The molecule has 2 aromatic rings. The van der Waals surface area contributed by atoms with Gasteiger partial charge in [0.2, 0.25) is 0 Å². The smallest absolute Gasteiger partial charge is 0.177 e. The molecule has 4 rings (SSSR count). The third-order valence-corrected chi connectivity index (χ3v) is 6.32. The molecule has 1 N–H and O–H groups in total. The fourth-order valence-corrected chi connectivity index (χ4v) is 4.59. The van der Waals surface area contributed by atoms with Crippen molar-refractivity contribution in [3.63, 3.8) is 0 Å². The third kappa shape index (κ3) is 3.32. The summed E-state index contributed by atoms with van der Waals surface area (Å²) >= 11 is 0. The Kier molecular flexibility index (Phi) is 5.36. The van der Waals surface area contributed by atoms with Gasteiger partial charge < -0.3 is 14.6 Å². The summed E-state index contributed by atoms with van der Waals surface area (Å²) in [5.41, 5.74) is 2.38. The van der Waals surface area contributed by atoms with Crippen molar-refractivity contribution in [2.45, 2.75) is 58.1 Å². The van der Waals surface area contributed by atoms with Crippen LogP contribution in [0, 0.1) is 5.92 Å². The fraction of sp³-hybridized carbons (Fsp3) is 0.458. The number of hydrogen-bond donors (Lipinski definition) is 1. The first-order chi connectivity index (χ1) is 13.9. The second-order valence-electron chi connectivity index (χ2n) is 8.17. The molecular weight excluding hydrogens is 366 g/mol. The summed E-state index contributed by atoms with van der Waals surface area (Å²) in [6, 6.07) is 13.6. The molecule has 29 heavy (non-hydrogen) atoms. The van der Waals surface area contributed by atoms with Crippen molar-refractivity contribution in [3.05, 3.63) is 59.2 Å². The van der Waals surface area contributed by atoms with Crippen LogP contribution in [0.1, 0.15) is 54.8 Å². The number of carbonyl (C=O) groups is 1. The van der Waals surface area contributed by atoms with Gasteiger partial charge in [0.05, 0.1) is 17.6 Å². The molecule has 0 bridgehead atoms. The quantitative estimate of drug-likeness (QED) is 0.834. The lowest BCUT2D eigenvalue weighted by Crippen LogP contribution is -2.49. The van der Waals surface area contributed by atoms with Crippen LogP contribution in [0.2, 0.25) is 0 Å². The molecule has 2 aliphatic heterocycles. The van der Waals surface area contributed by atoms with Crippen LogP contribution in [0.25, 0.3) is 0 Å². The maximum atomic E-state index is 13.5. The first kappa shape index (κ1) is 19.9. The van der Waals surface area contributed by atoms with E-state index in [-0.39, 0.29) is 36.0 Å². The molecule has 154 valence electrons. The van der Waals surface area contributed by atoms with E-state index in [0.717, 1.165) is 17.5 Å². The second kappa shape index (κ2) is 7.81. The van der Waals surface area contributed by atoms with Crippen LogP contribution >= 0.6 is 0 Å². The number of carbonyl (C=O) groups excluding carboxylic acids is 1. The Morgan fingerprint density at radius 3 is 2.52 bits per heavy atom. The van der Waals surface area contributed by atoms with Gasteiger partial charge in [-0.1, -0.05) is 43.7 Å². The number of phenolic OH excluding ortho intramolecular Hbond substituents is 1. The third-order valence-electron chi connectivity index (χ3n) is 6.32. The molecule has 0 aliphatic carbocycles. The average Bonchev–Trinajstić information content (AvgIpc) is 3.00. The van der Waals surface area contributed by atoms with Gasteiger partial charge in [0.25, 0.3) is 0 Å². The Hall–Kier alpha value is -2.37. The molecule has 5 atom stereocenters. The number of Topliss-reactive ketones (excluding diaryl/α,β-unsaturated/α-hetero) is 1. The van der Waals surface area contributed by atoms with Crippen molar-refractivity contribution in [1.82, 2.24) is 4.90 Å². The molecule has 5 heteroatoms. The summed E-state index contributed by atoms with van der Waals surface area (Å²) in [4.78, 5) is 15.6. The number of likely N-dealkylation sites (N-methyl/N-ethyl adjacent to an activating group) is 1. The molecule has 1 saturated heterocycles. The predicted molar refractivity (Wildman–Crippen MR) is 111 cm³/mol. The Balaban J connectivity index is 1.66. The van der Waals surface area contributed by atoms with E-state index in [4.69, 9.17) is 9.47 Å². The minimum Gasteiger partial charge on any atom is -0.508 e. The summed E-state index contributed by atoms with van der Waals surface area (Å²) in [5, 5.41) is 10.3. The highest BCUT2D eigenvalue weighted by molar-refractivity contribution is 6.02. The Morgan fingerprint density at radius 1 is 1.10 bits per heavy atom. The molecule has 0 aromatic heterocycles. The minimum absolute atomic E-state index is 0.0221. The Morgan fingerprint density at radius 2 is 1.83 bits per heavy atom. The van der Waals surface area contributed by atoms with Gasteiger partial charge in [0.1, 0.15) is 23.8 Å². The highest BCUT2D eigenvalue weighted by Gasteiger charge is 2.49. The summed E-state index contributed by atoms with van der Waals surface area (Å²) in [7, 11) is 2.01. The van der Waals surface area contributed by atoms with Crippen LogP contribution in [0.3, 0.4) is 0 Å².